The molecule has 0 amide bonds. The number of aromatic nitrogens is 11. The maximum atomic E-state index is 7.17. The molecule has 92 heavy (non-hydrogen) atoms. The highest BCUT2D eigenvalue weighted by molar-refractivity contribution is 5.71. The van der Waals surface area contributed by atoms with Crippen molar-refractivity contribution in [3.8, 4) is 51.4 Å². The molecule has 17 heterocycles. The van der Waals surface area contributed by atoms with Crippen LogP contribution in [0.4, 0.5) is 0 Å². The molecule has 2 bridgehead atoms. The summed E-state index contributed by atoms with van der Waals surface area (Å²) in [5, 5.41) is 0. The van der Waals surface area contributed by atoms with E-state index in [2.05, 4.69) is 148 Å². The summed E-state index contributed by atoms with van der Waals surface area (Å²) in [4.78, 5) is 50.1. The summed E-state index contributed by atoms with van der Waals surface area (Å²) in [6, 6.07) is 31.9. The number of imidazole rings is 3. The van der Waals surface area contributed by atoms with Gasteiger partial charge in [-0.05, 0) is 226 Å². The molecule has 17 rings (SSSR count). The Hall–Kier alpha value is -8.94. The summed E-state index contributed by atoms with van der Waals surface area (Å²) < 4.78 is 26.5. The largest absolute Gasteiger partial charge is 0.474 e. The van der Waals surface area contributed by atoms with Crippen LogP contribution in [0.5, 0.6) is 29.1 Å². The smallest absolute Gasteiger partial charge is 0.206 e. The molecule has 6 aliphatic heterocycles. The number of hydrogen-bond acceptors (Lipinski definition) is 15. The number of hydrogen-bond donors (Lipinski definition) is 0. The highest BCUT2D eigenvalue weighted by atomic mass is 16.5. The van der Waals surface area contributed by atoms with Gasteiger partial charge in [-0.1, -0.05) is 12.1 Å². The quantitative estimate of drug-likeness (QED) is 0.101. The lowest BCUT2D eigenvalue weighted by molar-refractivity contribution is -0.0105. The van der Waals surface area contributed by atoms with Crippen LogP contribution in [0, 0.1) is 26.7 Å². The molecule has 6 saturated heterocycles. The average Bonchev–Trinajstić information content (AvgIpc) is 1.73. The zero-order valence-electron chi connectivity index (χ0n) is 53.4. The summed E-state index contributed by atoms with van der Waals surface area (Å²) in [6.07, 6.45) is 31.3. The lowest BCUT2D eigenvalue weighted by Crippen LogP contribution is -2.52. The SMILES string of the molecule is Cc1cc(-c2cc(Oc3ccncc3)n3cc([C@H]4CCC[C@@H](c5ncc(-c6cc(OC7CN8CCC7CC8)n7cc([C@H]8CCC[C@@H](c9ncccc9C)N8C)nc7c6)cc5C)N4C)nc3c2)cnc1[C@@H]1CCC[C@H](c2cn3c(Oc4cccnc4)cccc3n2)N1C. The van der Waals surface area contributed by atoms with E-state index >= 15 is 0 Å². The van der Waals surface area contributed by atoms with Crippen LogP contribution in [0.15, 0.2) is 153 Å². The number of ether oxygens (including phenoxy) is 3. The molecule has 468 valence electrons. The van der Waals surface area contributed by atoms with Crippen LogP contribution in [-0.4, -0.2) is 120 Å². The van der Waals surface area contributed by atoms with E-state index in [0.29, 0.717) is 29.2 Å². The Morgan fingerprint density at radius 1 is 0.413 bits per heavy atom. The molecule has 0 N–H and O–H groups in total. The maximum absolute atomic E-state index is 7.17. The minimum absolute atomic E-state index is 0.0450. The fraction of sp³-hybridized carbons (Fsp3) is 0.378. The van der Waals surface area contributed by atoms with E-state index in [1.54, 1.807) is 24.8 Å². The Bertz CT molecular complexity index is 4500. The summed E-state index contributed by atoms with van der Waals surface area (Å²) in [5.41, 5.74) is 16.6. The summed E-state index contributed by atoms with van der Waals surface area (Å²) in [5.74, 6) is 4.13. The van der Waals surface area contributed by atoms with Crippen molar-refractivity contribution in [1.82, 2.24) is 72.7 Å². The molecule has 18 nitrogen and oxygen atoms in total. The zero-order chi connectivity index (χ0) is 62.1. The van der Waals surface area contributed by atoms with Crippen molar-refractivity contribution in [2.45, 2.75) is 134 Å². The molecule has 6 aliphatic rings. The van der Waals surface area contributed by atoms with Crippen molar-refractivity contribution in [2.75, 3.05) is 40.8 Å². The summed E-state index contributed by atoms with van der Waals surface area (Å²) in [6.45, 7) is 9.87. The van der Waals surface area contributed by atoms with Crippen LogP contribution in [0.3, 0.4) is 0 Å². The molecular formula is C74H79N15O3. The van der Waals surface area contributed by atoms with Gasteiger partial charge in [0.1, 0.15) is 34.5 Å². The van der Waals surface area contributed by atoms with E-state index in [9.17, 15) is 0 Å². The predicted molar refractivity (Wildman–Crippen MR) is 354 cm³/mol. The Kier molecular flexibility index (Phi) is 15.3. The topological polar surface area (TPSA) is 157 Å². The van der Waals surface area contributed by atoms with Crippen molar-refractivity contribution in [1.29, 1.82) is 0 Å². The van der Waals surface area contributed by atoms with Crippen LogP contribution in [0.2, 0.25) is 0 Å². The molecule has 1 unspecified atom stereocenters. The fourth-order valence-electron chi connectivity index (χ4n) is 16.0. The Morgan fingerprint density at radius 2 is 0.935 bits per heavy atom. The number of pyridine rings is 8. The maximum Gasteiger partial charge on any atom is 0.206 e. The van der Waals surface area contributed by atoms with Gasteiger partial charge in [-0.3, -0.25) is 57.7 Å². The van der Waals surface area contributed by atoms with Gasteiger partial charge in [-0.25, -0.2) is 15.0 Å². The van der Waals surface area contributed by atoms with Gasteiger partial charge < -0.3 is 14.2 Å². The Labute approximate surface area is 537 Å². The van der Waals surface area contributed by atoms with Gasteiger partial charge in [0.05, 0.1) is 76.6 Å². The first kappa shape index (κ1) is 58.2. The summed E-state index contributed by atoms with van der Waals surface area (Å²) in [7, 11) is 6.71. The van der Waals surface area contributed by atoms with Gasteiger partial charge in [0.25, 0.3) is 0 Å². The number of likely N-dealkylation sites (tertiary alicyclic amines) is 3. The second kappa shape index (κ2) is 24.3. The average molecular weight is 1230 g/mol. The van der Waals surface area contributed by atoms with Gasteiger partial charge in [-0.15, -0.1) is 0 Å². The van der Waals surface area contributed by atoms with E-state index < -0.39 is 0 Å². The second-order valence-electron chi connectivity index (χ2n) is 26.5. The second-order valence-corrected chi connectivity index (χ2v) is 26.5. The zero-order valence-corrected chi connectivity index (χ0v) is 53.4. The molecule has 0 radical (unpaired) electrons. The van der Waals surface area contributed by atoms with E-state index in [-0.39, 0.29) is 42.4 Å². The predicted octanol–water partition coefficient (Wildman–Crippen LogP) is 14.6. The number of piperidine rings is 6. The number of nitrogens with zero attached hydrogens (tertiary/aromatic N) is 15. The fourth-order valence-corrected chi connectivity index (χ4v) is 16.0. The standard InChI is InChI=1S/C74H79N15O3/c1-46-13-11-28-77-72(46)62-18-7-16-60(83(62)4)58-44-89-68(82-58)36-51(38-71(89)92-65-45-86-31-25-49(65)26-32-86)53-34-48(3)74(79-40-53)64-20-9-17-61(85(64)6)57-43-88-67(81-57)35-50(37-70(88)90-54-23-29-75-30-24-54)52-33-47(2)73(78-39-52)63-19-8-15-59(84(63)5)56-42-87-66(80-56)21-10-22-69(87)91-55-14-12-27-76-41-55/h10-14,21-24,27-30,33-44,49,59-65H,7-9,15-20,25-26,31-32,45H2,1-6H3/t59-,60-,61-,62+,63+,64+,65?/m1/s1. The lowest BCUT2D eigenvalue weighted by atomic mass is 9.86. The normalized spacial score (nSPS) is 24.0. The van der Waals surface area contributed by atoms with Gasteiger partial charge in [0.2, 0.25) is 11.8 Å². The molecule has 18 heteroatoms. The first-order valence-corrected chi connectivity index (χ1v) is 33.1. The molecule has 7 atom stereocenters. The van der Waals surface area contributed by atoms with Gasteiger partial charge in [-0.2, -0.15) is 0 Å². The van der Waals surface area contributed by atoms with Gasteiger partial charge >= 0.3 is 0 Å². The van der Waals surface area contributed by atoms with Crippen LogP contribution in [-0.2, 0) is 0 Å². The monoisotopic (exact) mass is 1230 g/mol. The van der Waals surface area contributed by atoms with Crippen molar-refractivity contribution in [3.63, 3.8) is 0 Å². The van der Waals surface area contributed by atoms with Crippen LogP contribution in [0.1, 0.15) is 158 Å². The Balaban J connectivity index is 0.669. The third-order valence-electron chi connectivity index (χ3n) is 20.9. The van der Waals surface area contributed by atoms with Crippen LogP contribution < -0.4 is 14.2 Å². The number of fused-ring (bicyclic) bond motifs is 6. The minimum atomic E-state index is 0.0450. The van der Waals surface area contributed by atoms with Gasteiger partial charge in [0.15, 0.2) is 5.88 Å². The minimum Gasteiger partial charge on any atom is -0.474 e. The lowest BCUT2D eigenvalue weighted by Gasteiger charge is -2.44. The van der Waals surface area contributed by atoms with Crippen molar-refractivity contribution in [3.05, 3.63) is 204 Å². The van der Waals surface area contributed by atoms with Crippen LogP contribution in [0.25, 0.3) is 39.2 Å². The first-order chi connectivity index (χ1) is 45.0. The molecule has 0 aromatic carbocycles. The highest BCUT2D eigenvalue weighted by Gasteiger charge is 2.39. The molecule has 11 aromatic rings. The van der Waals surface area contributed by atoms with E-state index in [0.717, 1.165) is 162 Å². The van der Waals surface area contributed by atoms with Crippen LogP contribution >= 0.6 is 0 Å². The Morgan fingerprint density at radius 3 is 1.48 bits per heavy atom. The van der Waals surface area contributed by atoms with Crippen molar-refractivity contribution in [2.24, 2.45) is 5.92 Å². The molecule has 6 fully saturated rings. The third-order valence-corrected chi connectivity index (χ3v) is 20.9. The summed E-state index contributed by atoms with van der Waals surface area (Å²) >= 11 is 0. The molecule has 0 spiro atoms. The van der Waals surface area contributed by atoms with Gasteiger partial charge in [0, 0.05) is 85.6 Å². The first-order valence-electron chi connectivity index (χ1n) is 33.1. The third kappa shape index (κ3) is 10.9. The van der Waals surface area contributed by atoms with E-state index in [1.165, 1.54) is 24.1 Å². The number of aryl methyl sites for hydroxylation is 3. The van der Waals surface area contributed by atoms with E-state index in [4.69, 9.17) is 44.1 Å². The molecule has 0 aliphatic carbocycles. The van der Waals surface area contributed by atoms with Crippen molar-refractivity contribution < 1.29 is 14.2 Å². The van der Waals surface area contributed by atoms with Crippen molar-refractivity contribution >= 4 is 16.9 Å². The molecule has 0 saturated carbocycles. The van der Waals surface area contributed by atoms with E-state index in [1.807, 2.05) is 65.3 Å². The highest BCUT2D eigenvalue weighted by Crippen LogP contribution is 2.46. The number of rotatable bonds is 14. The molecular weight excluding hydrogens is 1150 g/mol. The molecule has 11 aromatic heterocycles.